The van der Waals surface area contributed by atoms with Crippen LogP contribution in [0.4, 0.5) is 4.39 Å². The van der Waals surface area contributed by atoms with Gasteiger partial charge in [0.2, 0.25) is 0 Å². The first-order valence-electron chi connectivity index (χ1n) is 8.45. The van der Waals surface area contributed by atoms with Crippen LogP contribution in [-0.4, -0.2) is 20.9 Å². The average Bonchev–Trinajstić information content (AvgIpc) is 3.11. The number of carbonyl (C=O) groups excluding carboxylic acids is 1. The molecule has 0 N–H and O–H groups in total. The largest absolute Gasteiger partial charge is 0.457 e. The van der Waals surface area contributed by atoms with Gasteiger partial charge >= 0.3 is 5.97 Å². The second kappa shape index (κ2) is 7.57. The van der Waals surface area contributed by atoms with Crippen LogP contribution >= 0.6 is 0 Å². The van der Waals surface area contributed by atoms with Crippen molar-refractivity contribution in [3.8, 4) is 5.69 Å². The van der Waals surface area contributed by atoms with Crippen LogP contribution in [0.1, 0.15) is 34.0 Å². The van der Waals surface area contributed by atoms with Gasteiger partial charge in [-0.1, -0.05) is 5.16 Å². The lowest BCUT2D eigenvalue weighted by molar-refractivity contribution is -0.138. The molecule has 140 valence electrons. The Labute approximate surface area is 156 Å². The number of hydrogen-bond donors (Lipinski definition) is 0. The summed E-state index contributed by atoms with van der Waals surface area (Å²) in [4.78, 5) is 12.0. The molecule has 3 rings (SSSR count). The van der Waals surface area contributed by atoms with Crippen LogP contribution in [0.5, 0.6) is 0 Å². The number of hydrogen-bond acceptors (Lipinski definition) is 5. The van der Waals surface area contributed by atoms with E-state index in [9.17, 15) is 9.18 Å². The minimum absolute atomic E-state index is 0.108. The summed E-state index contributed by atoms with van der Waals surface area (Å²) in [6, 6.07) is 6.07. The first-order chi connectivity index (χ1) is 12.9. The fraction of sp³-hybridized carbons (Fsp3) is 0.250. The van der Waals surface area contributed by atoms with E-state index < -0.39 is 5.97 Å². The summed E-state index contributed by atoms with van der Waals surface area (Å²) in [5.41, 5.74) is 4.64. The van der Waals surface area contributed by atoms with Crippen molar-refractivity contribution in [3.63, 3.8) is 0 Å². The van der Waals surface area contributed by atoms with E-state index in [0.717, 1.165) is 28.2 Å². The van der Waals surface area contributed by atoms with Gasteiger partial charge in [-0.05, 0) is 58.0 Å². The second-order valence-corrected chi connectivity index (χ2v) is 6.22. The molecule has 0 atom stereocenters. The number of halogens is 1. The zero-order valence-corrected chi connectivity index (χ0v) is 15.6. The summed E-state index contributed by atoms with van der Waals surface area (Å²) < 4.78 is 25.1. The smallest absolute Gasteiger partial charge is 0.331 e. The highest BCUT2D eigenvalue weighted by atomic mass is 19.1. The summed E-state index contributed by atoms with van der Waals surface area (Å²) >= 11 is 0. The molecule has 0 saturated heterocycles. The number of nitrogens with zero attached hydrogens (tertiary/aromatic N) is 3. The molecule has 0 fully saturated rings. The predicted molar refractivity (Wildman–Crippen MR) is 97.8 cm³/mol. The van der Waals surface area contributed by atoms with Crippen molar-refractivity contribution in [2.24, 2.45) is 0 Å². The monoisotopic (exact) mass is 369 g/mol. The van der Waals surface area contributed by atoms with Crippen LogP contribution < -0.4 is 0 Å². The molecule has 0 aliphatic carbocycles. The zero-order valence-electron chi connectivity index (χ0n) is 15.6. The molecule has 0 saturated carbocycles. The maximum Gasteiger partial charge on any atom is 0.331 e. The van der Waals surface area contributed by atoms with Gasteiger partial charge in [0.25, 0.3) is 0 Å². The fourth-order valence-corrected chi connectivity index (χ4v) is 2.78. The molecular formula is C20H20FN3O3. The Bertz CT molecular complexity index is 981. The molecule has 0 bridgehead atoms. The standard InChI is InChI=1S/C20H20FN3O3/c1-12-18(14(3)24(22-12)17-7-5-16(21)6-8-17)9-10-20(25)26-11-19-13(2)23-27-15(19)4/h5-10H,11H2,1-4H3/b10-9+. The molecule has 0 aliphatic heterocycles. The molecule has 7 heteroatoms. The van der Waals surface area contributed by atoms with E-state index >= 15 is 0 Å². The van der Waals surface area contributed by atoms with Gasteiger partial charge in [0.1, 0.15) is 18.2 Å². The molecule has 6 nitrogen and oxygen atoms in total. The molecule has 0 spiro atoms. The minimum Gasteiger partial charge on any atom is -0.457 e. The number of ether oxygens (including phenoxy) is 1. The predicted octanol–water partition coefficient (Wildman–Crippen LogP) is 3.99. The van der Waals surface area contributed by atoms with E-state index in [1.807, 2.05) is 13.8 Å². The lowest BCUT2D eigenvalue weighted by Gasteiger charge is -2.04. The Morgan fingerprint density at radius 1 is 1.19 bits per heavy atom. The van der Waals surface area contributed by atoms with Crippen molar-refractivity contribution in [3.05, 3.63) is 70.1 Å². The van der Waals surface area contributed by atoms with E-state index in [2.05, 4.69) is 10.3 Å². The SMILES string of the molecule is Cc1nn(-c2ccc(F)cc2)c(C)c1/C=C/C(=O)OCc1c(C)noc1C. The third-order valence-corrected chi connectivity index (χ3v) is 4.34. The zero-order chi connectivity index (χ0) is 19.6. The average molecular weight is 369 g/mol. The molecule has 0 amide bonds. The Kier molecular flexibility index (Phi) is 5.21. The number of rotatable bonds is 5. The van der Waals surface area contributed by atoms with Gasteiger partial charge in [-0.2, -0.15) is 5.10 Å². The van der Waals surface area contributed by atoms with Crippen molar-refractivity contribution < 1.29 is 18.4 Å². The van der Waals surface area contributed by atoms with Crippen molar-refractivity contribution >= 4 is 12.0 Å². The summed E-state index contributed by atoms with van der Waals surface area (Å²) in [6.07, 6.45) is 3.04. The third-order valence-electron chi connectivity index (χ3n) is 4.34. The Hall–Kier alpha value is -3.22. The van der Waals surface area contributed by atoms with E-state index in [-0.39, 0.29) is 12.4 Å². The van der Waals surface area contributed by atoms with Crippen LogP contribution in [0.2, 0.25) is 0 Å². The summed E-state index contributed by atoms with van der Waals surface area (Å²) in [7, 11) is 0. The quantitative estimate of drug-likeness (QED) is 0.502. The number of esters is 1. The first-order valence-corrected chi connectivity index (χ1v) is 8.45. The van der Waals surface area contributed by atoms with E-state index in [1.54, 1.807) is 36.7 Å². The summed E-state index contributed by atoms with van der Waals surface area (Å²) in [5.74, 6) is -0.138. The fourth-order valence-electron chi connectivity index (χ4n) is 2.78. The number of aryl methyl sites for hydroxylation is 3. The molecular weight excluding hydrogens is 349 g/mol. The highest BCUT2D eigenvalue weighted by Crippen LogP contribution is 2.20. The molecule has 3 aromatic rings. The second-order valence-electron chi connectivity index (χ2n) is 6.22. The van der Waals surface area contributed by atoms with Crippen LogP contribution in [-0.2, 0) is 16.1 Å². The van der Waals surface area contributed by atoms with Gasteiger partial charge < -0.3 is 9.26 Å². The number of benzene rings is 1. The molecule has 0 unspecified atom stereocenters. The Balaban J connectivity index is 1.73. The number of carbonyl (C=O) groups is 1. The highest BCUT2D eigenvalue weighted by Gasteiger charge is 2.13. The maximum atomic E-state index is 13.1. The van der Waals surface area contributed by atoms with E-state index in [0.29, 0.717) is 11.5 Å². The molecule has 2 heterocycles. The lowest BCUT2D eigenvalue weighted by Crippen LogP contribution is -2.02. The van der Waals surface area contributed by atoms with E-state index in [1.165, 1.54) is 18.2 Å². The van der Waals surface area contributed by atoms with Crippen molar-refractivity contribution in [1.82, 2.24) is 14.9 Å². The highest BCUT2D eigenvalue weighted by molar-refractivity contribution is 5.87. The summed E-state index contributed by atoms with van der Waals surface area (Å²) in [6.45, 7) is 7.42. The van der Waals surface area contributed by atoms with E-state index in [4.69, 9.17) is 9.26 Å². The topological polar surface area (TPSA) is 70.2 Å². The summed E-state index contributed by atoms with van der Waals surface area (Å²) in [5, 5.41) is 8.30. The van der Waals surface area contributed by atoms with Crippen LogP contribution in [0.25, 0.3) is 11.8 Å². The van der Waals surface area contributed by atoms with Gasteiger partial charge in [-0.3, -0.25) is 0 Å². The normalized spacial score (nSPS) is 11.3. The first kappa shape index (κ1) is 18.6. The van der Waals surface area contributed by atoms with Crippen LogP contribution in [0.3, 0.4) is 0 Å². The van der Waals surface area contributed by atoms with Crippen molar-refractivity contribution in [2.45, 2.75) is 34.3 Å². The lowest BCUT2D eigenvalue weighted by atomic mass is 10.2. The van der Waals surface area contributed by atoms with Crippen LogP contribution in [0.15, 0.2) is 34.9 Å². The Morgan fingerprint density at radius 2 is 1.89 bits per heavy atom. The third kappa shape index (κ3) is 3.97. The molecule has 0 radical (unpaired) electrons. The molecule has 1 aromatic carbocycles. The van der Waals surface area contributed by atoms with Crippen LogP contribution in [0, 0.1) is 33.5 Å². The van der Waals surface area contributed by atoms with Gasteiger partial charge in [0.05, 0.1) is 22.6 Å². The Morgan fingerprint density at radius 3 is 2.52 bits per heavy atom. The molecule has 27 heavy (non-hydrogen) atoms. The van der Waals surface area contributed by atoms with Crippen molar-refractivity contribution in [1.29, 1.82) is 0 Å². The van der Waals surface area contributed by atoms with Gasteiger partial charge in [-0.15, -0.1) is 0 Å². The van der Waals surface area contributed by atoms with Gasteiger partial charge in [0.15, 0.2) is 0 Å². The maximum absolute atomic E-state index is 13.1. The van der Waals surface area contributed by atoms with Gasteiger partial charge in [-0.25, -0.2) is 13.9 Å². The number of aromatic nitrogens is 3. The minimum atomic E-state index is -0.469. The molecule has 0 aliphatic rings. The van der Waals surface area contributed by atoms with Crippen molar-refractivity contribution in [2.75, 3.05) is 0 Å². The molecule has 2 aromatic heterocycles. The van der Waals surface area contributed by atoms with Gasteiger partial charge in [0, 0.05) is 17.3 Å².